The topological polar surface area (TPSA) is 95.9 Å². The molecule has 6 heteroatoms. The van der Waals surface area contributed by atoms with Crippen LogP contribution in [0.5, 0.6) is 0 Å². The highest BCUT2D eigenvalue weighted by Gasteiger charge is 2.18. The zero-order chi connectivity index (χ0) is 51.4. The van der Waals surface area contributed by atoms with Gasteiger partial charge in [-0.05, 0) is 64.2 Å². The summed E-state index contributed by atoms with van der Waals surface area (Å²) in [7, 11) is 0. The molecule has 71 heavy (non-hydrogen) atoms. The Morgan fingerprint density at radius 3 is 1.10 bits per heavy atom. The van der Waals surface area contributed by atoms with Crippen LogP contribution in [0.1, 0.15) is 341 Å². The van der Waals surface area contributed by atoms with E-state index in [2.05, 4.69) is 43.5 Å². The molecule has 0 aromatic heterocycles. The van der Waals surface area contributed by atoms with E-state index in [-0.39, 0.29) is 18.5 Å². The number of amides is 1. The van der Waals surface area contributed by atoms with Gasteiger partial charge in [-0.1, -0.05) is 301 Å². The molecule has 2 unspecified atom stereocenters. The number of rotatable bonds is 59. The average molecular weight is 999 g/mol. The molecule has 0 aliphatic rings. The van der Waals surface area contributed by atoms with Crippen molar-refractivity contribution in [3.63, 3.8) is 0 Å². The highest BCUT2D eigenvalue weighted by atomic mass is 16.5. The molecule has 0 heterocycles. The van der Waals surface area contributed by atoms with Gasteiger partial charge in [0, 0.05) is 12.8 Å². The summed E-state index contributed by atoms with van der Waals surface area (Å²) < 4.78 is 5.48. The van der Waals surface area contributed by atoms with E-state index in [1.165, 1.54) is 263 Å². The molecule has 0 bridgehead atoms. The van der Waals surface area contributed by atoms with Gasteiger partial charge in [-0.2, -0.15) is 0 Å². The maximum Gasteiger partial charge on any atom is 0.305 e. The van der Waals surface area contributed by atoms with E-state index in [4.69, 9.17) is 4.74 Å². The van der Waals surface area contributed by atoms with Gasteiger partial charge in [-0.25, -0.2) is 0 Å². The second-order valence-electron chi connectivity index (χ2n) is 21.7. The van der Waals surface area contributed by atoms with Crippen LogP contribution < -0.4 is 5.32 Å². The van der Waals surface area contributed by atoms with Gasteiger partial charge in [0.25, 0.3) is 0 Å². The number of carbonyl (C=O) groups is 2. The maximum absolute atomic E-state index is 12.5. The van der Waals surface area contributed by atoms with Crippen LogP contribution in [0.2, 0.25) is 0 Å². The fraction of sp³-hybridized carbons (Fsp3) is 0.877. The monoisotopic (exact) mass is 998 g/mol. The van der Waals surface area contributed by atoms with E-state index in [0.29, 0.717) is 19.4 Å². The molecule has 0 rings (SSSR count). The highest BCUT2D eigenvalue weighted by molar-refractivity contribution is 5.76. The lowest BCUT2D eigenvalue weighted by Crippen LogP contribution is -2.45. The van der Waals surface area contributed by atoms with E-state index in [0.717, 1.165) is 51.4 Å². The quantitative estimate of drug-likeness (QED) is 0.0321. The number of carbonyl (C=O) groups excluding carboxylic acids is 2. The van der Waals surface area contributed by atoms with Crippen LogP contribution in [-0.2, 0) is 14.3 Å². The van der Waals surface area contributed by atoms with Crippen molar-refractivity contribution in [2.75, 3.05) is 13.2 Å². The van der Waals surface area contributed by atoms with Crippen LogP contribution in [0.4, 0.5) is 0 Å². The van der Waals surface area contributed by atoms with Crippen molar-refractivity contribution >= 4 is 11.9 Å². The molecule has 0 fully saturated rings. The summed E-state index contributed by atoms with van der Waals surface area (Å²) in [5.41, 5.74) is 0. The number of esters is 1. The minimum atomic E-state index is -0.844. The Labute approximate surface area is 443 Å². The van der Waals surface area contributed by atoms with Crippen molar-refractivity contribution in [1.82, 2.24) is 5.32 Å². The second-order valence-corrected chi connectivity index (χ2v) is 21.7. The Morgan fingerprint density at radius 1 is 0.394 bits per heavy atom. The zero-order valence-electron chi connectivity index (χ0n) is 47.7. The Hall–Kier alpha value is -1.92. The van der Waals surface area contributed by atoms with Crippen molar-refractivity contribution in [1.29, 1.82) is 0 Å². The lowest BCUT2D eigenvalue weighted by molar-refractivity contribution is -0.143. The number of unbranched alkanes of at least 4 members (excludes halogenated alkanes) is 44. The van der Waals surface area contributed by atoms with Gasteiger partial charge >= 0.3 is 5.97 Å². The molecule has 3 N–H and O–H groups in total. The molecule has 6 nitrogen and oxygen atoms in total. The van der Waals surface area contributed by atoms with E-state index >= 15 is 0 Å². The van der Waals surface area contributed by atoms with Crippen molar-refractivity contribution in [2.24, 2.45) is 0 Å². The molecular formula is C65H123NO5. The number of hydrogen-bond donors (Lipinski definition) is 3. The fourth-order valence-electron chi connectivity index (χ4n) is 9.78. The Balaban J connectivity index is 3.40. The van der Waals surface area contributed by atoms with Gasteiger partial charge < -0.3 is 20.3 Å². The molecule has 418 valence electrons. The third-order valence-corrected chi connectivity index (χ3v) is 14.7. The lowest BCUT2D eigenvalue weighted by atomic mass is 10.0. The smallest absolute Gasteiger partial charge is 0.305 e. The number of ether oxygens (including phenoxy) is 1. The summed E-state index contributed by atoms with van der Waals surface area (Å²) in [5.74, 6) is -0.0660. The lowest BCUT2D eigenvalue weighted by Gasteiger charge is -2.20. The Bertz CT molecular complexity index is 1150. The zero-order valence-corrected chi connectivity index (χ0v) is 47.7. The predicted molar refractivity (Wildman–Crippen MR) is 310 cm³/mol. The standard InChI is InChI=1S/C65H123NO5/c1-3-5-7-9-11-13-15-17-19-30-33-37-41-45-49-53-57-63(68)62(61-67)66-64(69)58-54-50-46-42-38-34-31-27-25-23-21-20-22-24-26-28-32-36-40-44-48-52-56-60-71-65(70)59-55-51-47-43-39-35-29-18-16-14-12-10-8-6-4-2/h12,14,18,29,53,57,62-63,67-68H,3-11,13,15-17,19-28,30-52,54-56,58-61H2,1-2H3,(H,66,69)/b14-12-,29-18-,57-53+. The summed E-state index contributed by atoms with van der Waals surface area (Å²) in [6.07, 6.45) is 76.1. The molecular weight excluding hydrogens is 875 g/mol. The van der Waals surface area contributed by atoms with E-state index in [9.17, 15) is 19.8 Å². The molecule has 0 aliphatic carbocycles. The van der Waals surface area contributed by atoms with E-state index in [1.54, 1.807) is 6.08 Å². The maximum atomic E-state index is 12.5. The normalized spacial score (nSPS) is 12.8. The Kier molecular flexibility index (Phi) is 59.0. The van der Waals surface area contributed by atoms with Crippen LogP contribution in [0.15, 0.2) is 36.5 Å². The SMILES string of the molecule is CCCCC/C=C\C/C=C\CCCCCCCC(=O)OCCCCCCCCCCCCCCCCCCCCCCCCCC(=O)NC(CO)C(O)/C=C/CCCCCCCCCCCCCCCC. The van der Waals surface area contributed by atoms with Gasteiger partial charge in [0.2, 0.25) is 5.91 Å². The number of hydrogen-bond acceptors (Lipinski definition) is 5. The summed E-state index contributed by atoms with van der Waals surface area (Å²) >= 11 is 0. The van der Waals surface area contributed by atoms with Crippen molar-refractivity contribution in [2.45, 2.75) is 353 Å². The number of aliphatic hydroxyl groups excluding tert-OH is 2. The molecule has 0 spiro atoms. The van der Waals surface area contributed by atoms with Gasteiger partial charge in [0.15, 0.2) is 0 Å². The molecule has 0 saturated heterocycles. The van der Waals surface area contributed by atoms with Crippen LogP contribution in [0, 0.1) is 0 Å². The molecule has 0 aliphatic heterocycles. The Morgan fingerprint density at radius 2 is 0.704 bits per heavy atom. The first-order valence-electron chi connectivity index (χ1n) is 31.8. The second kappa shape index (κ2) is 60.6. The third kappa shape index (κ3) is 57.2. The minimum Gasteiger partial charge on any atom is -0.466 e. The van der Waals surface area contributed by atoms with Crippen LogP contribution >= 0.6 is 0 Å². The predicted octanol–water partition coefficient (Wildman–Crippen LogP) is 20.0. The molecule has 2 atom stereocenters. The molecule has 0 aromatic rings. The molecule has 1 amide bonds. The summed E-state index contributed by atoms with van der Waals surface area (Å²) in [4.78, 5) is 24.5. The van der Waals surface area contributed by atoms with E-state index < -0.39 is 12.1 Å². The highest BCUT2D eigenvalue weighted by Crippen LogP contribution is 2.18. The number of nitrogens with one attached hydrogen (secondary N) is 1. The van der Waals surface area contributed by atoms with Crippen LogP contribution in [0.3, 0.4) is 0 Å². The summed E-state index contributed by atoms with van der Waals surface area (Å²) in [5, 5.41) is 23.2. The van der Waals surface area contributed by atoms with Gasteiger partial charge in [0.05, 0.1) is 25.4 Å². The number of allylic oxidation sites excluding steroid dienone is 5. The van der Waals surface area contributed by atoms with Crippen molar-refractivity contribution in [3.8, 4) is 0 Å². The molecule has 0 radical (unpaired) electrons. The minimum absolute atomic E-state index is 0.0000397. The van der Waals surface area contributed by atoms with E-state index in [1.807, 2.05) is 6.08 Å². The van der Waals surface area contributed by atoms with Crippen LogP contribution in [-0.4, -0.2) is 47.4 Å². The number of aliphatic hydroxyl groups is 2. The van der Waals surface area contributed by atoms with Gasteiger partial charge in [-0.15, -0.1) is 0 Å². The molecule has 0 aromatic carbocycles. The van der Waals surface area contributed by atoms with Crippen molar-refractivity contribution < 1.29 is 24.5 Å². The summed E-state index contributed by atoms with van der Waals surface area (Å²) in [6.45, 7) is 4.89. The van der Waals surface area contributed by atoms with Crippen LogP contribution in [0.25, 0.3) is 0 Å². The van der Waals surface area contributed by atoms with Crippen molar-refractivity contribution in [3.05, 3.63) is 36.5 Å². The average Bonchev–Trinajstić information content (AvgIpc) is 3.37. The first kappa shape index (κ1) is 69.1. The van der Waals surface area contributed by atoms with Gasteiger partial charge in [-0.3, -0.25) is 9.59 Å². The van der Waals surface area contributed by atoms with Gasteiger partial charge in [0.1, 0.15) is 0 Å². The largest absolute Gasteiger partial charge is 0.466 e. The third-order valence-electron chi connectivity index (χ3n) is 14.7. The first-order valence-corrected chi connectivity index (χ1v) is 31.8. The summed E-state index contributed by atoms with van der Waals surface area (Å²) in [6, 6.07) is -0.628. The molecule has 0 saturated carbocycles. The first-order chi connectivity index (χ1) is 35.0. The fourth-order valence-corrected chi connectivity index (χ4v) is 9.78.